The Kier molecular flexibility index (Phi) is 2.11. The third-order valence-corrected chi connectivity index (χ3v) is 2.40. The van der Waals surface area contributed by atoms with Gasteiger partial charge in [-0.25, -0.2) is 9.37 Å². The molecule has 0 aliphatic heterocycles. The third kappa shape index (κ3) is 1.33. The Morgan fingerprint density at radius 1 is 1.50 bits per heavy atom. The van der Waals surface area contributed by atoms with Crippen molar-refractivity contribution >= 4 is 26.8 Å². The first-order valence-electron chi connectivity index (χ1n) is 3.90. The molecular weight excluding hydrogens is 251 g/mol. The first-order valence-corrected chi connectivity index (χ1v) is 4.69. The lowest BCUT2D eigenvalue weighted by Crippen LogP contribution is -2.17. The van der Waals surface area contributed by atoms with Gasteiger partial charge in [-0.05, 0) is 12.1 Å². The van der Waals surface area contributed by atoms with Crippen LogP contribution in [0.15, 0.2) is 27.7 Å². The Morgan fingerprint density at radius 2 is 2.21 bits per heavy atom. The normalized spacial score (nSPS) is 10.8. The average molecular weight is 257 g/mol. The maximum Gasteiger partial charge on any atom is 0.261 e. The standard InChI is InChI=1S/C9H6BrFN2O/c1-13-4-12-8-6(9(13)14)2-5(10)3-7(8)11/h2-4H,1H3. The van der Waals surface area contributed by atoms with Gasteiger partial charge in [-0.15, -0.1) is 0 Å². The molecule has 3 nitrogen and oxygen atoms in total. The summed E-state index contributed by atoms with van der Waals surface area (Å²) in [5.74, 6) is -0.493. The molecule has 2 rings (SSSR count). The molecule has 0 atom stereocenters. The number of aromatic nitrogens is 2. The number of halogens is 2. The molecule has 0 fully saturated rings. The first-order chi connectivity index (χ1) is 6.59. The highest BCUT2D eigenvalue weighted by Crippen LogP contribution is 2.18. The summed E-state index contributed by atoms with van der Waals surface area (Å²) >= 11 is 3.13. The van der Waals surface area contributed by atoms with E-state index in [-0.39, 0.29) is 16.5 Å². The molecule has 0 amide bonds. The Bertz CT molecular complexity index is 564. The van der Waals surface area contributed by atoms with Crippen molar-refractivity contribution in [2.45, 2.75) is 0 Å². The van der Waals surface area contributed by atoms with Gasteiger partial charge in [0.25, 0.3) is 5.56 Å². The Morgan fingerprint density at radius 3 is 2.93 bits per heavy atom. The number of aryl methyl sites for hydroxylation is 1. The Hall–Kier alpha value is -1.23. The van der Waals surface area contributed by atoms with Crippen molar-refractivity contribution in [1.82, 2.24) is 9.55 Å². The molecule has 0 spiro atoms. The Balaban J connectivity index is 3.03. The second-order valence-corrected chi connectivity index (χ2v) is 3.86. The van der Waals surface area contributed by atoms with Crippen LogP contribution in [0, 0.1) is 5.82 Å². The molecule has 2 aromatic rings. The number of hydrogen-bond acceptors (Lipinski definition) is 2. The highest BCUT2D eigenvalue weighted by Gasteiger charge is 2.07. The van der Waals surface area contributed by atoms with Crippen LogP contribution in [-0.4, -0.2) is 9.55 Å². The quantitative estimate of drug-likeness (QED) is 0.721. The minimum Gasteiger partial charge on any atom is -0.302 e. The largest absolute Gasteiger partial charge is 0.302 e. The first kappa shape index (κ1) is 9.33. The summed E-state index contributed by atoms with van der Waals surface area (Å²) in [4.78, 5) is 15.4. The van der Waals surface area contributed by atoms with Gasteiger partial charge in [0.2, 0.25) is 0 Å². The molecule has 1 aromatic carbocycles. The molecule has 1 heterocycles. The van der Waals surface area contributed by atoms with E-state index in [2.05, 4.69) is 20.9 Å². The fourth-order valence-corrected chi connectivity index (χ4v) is 1.68. The van der Waals surface area contributed by atoms with Crippen LogP contribution >= 0.6 is 15.9 Å². The van der Waals surface area contributed by atoms with Gasteiger partial charge in [0, 0.05) is 11.5 Å². The summed E-state index contributed by atoms with van der Waals surface area (Å²) in [6.07, 6.45) is 1.31. The van der Waals surface area contributed by atoms with Gasteiger partial charge >= 0.3 is 0 Å². The van der Waals surface area contributed by atoms with Crippen molar-refractivity contribution in [3.63, 3.8) is 0 Å². The zero-order valence-electron chi connectivity index (χ0n) is 7.29. The summed E-state index contributed by atoms with van der Waals surface area (Å²) in [5.41, 5.74) is -0.147. The molecule has 0 N–H and O–H groups in total. The molecular formula is C9H6BrFN2O. The number of benzene rings is 1. The summed E-state index contributed by atoms with van der Waals surface area (Å²) in [5, 5.41) is 0.280. The van der Waals surface area contributed by atoms with E-state index in [1.165, 1.54) is 17.0 Å². The lowest BCUT2D eigenvalue weighted by Gasteiger charge is -2.01. The van der Waals surface area contributed by atoms with Gasteiger partial charge in [0.1, 0.15) is 5.52 Å². The minimum atomic E-state index is -0.493. The van der Waals surface area contributed by atoms with E-state index in [9.17, 15) is 9.18 Å². The molecule has 0 unspecified atom stereocenters. The van der Waals surface area contributed by atoms with E-state index < -0.39 is 5.82 Å². The van der Waals surface area contributed by atoms with Gasteiger partial charge in [-0.1, -0.05) is 15.9 Å². The Labute approximate surface area is 87.3 Å². The van der Waals surface area contributed by atoms with Crippen molar-refractivity contribution in [2.75, 3.05) is 0 Å². The zero-order chi connectivity index (χ0) is 10.3. The van der Waals surface area contributed by atoms with Crippen molar-refractivity contribution in [3.05, 3.63) is 39.1 Å². The minimum absolute atomic E-state index is 0.108. The fraction of sp³-hybridized carbons (Fsp3) is 0.111. The van der Waals surface area contributed by atoms with Gasteiger partial charge in [0.15, 0.2) is 5.82 Å². The highest BCUT2D eigenvalue weighted by atomic mass is 79.9. The van der Waals surface area contributed by atoms with E-state index in [1.54, 1.807) is 13.1 Å². The average Bonchev–Trinajstić information content (AvgIpc) is 2.12. The molecule has 5 heteroatoms. The lowest BCUT2D eigenvalue weighted by atomic mass is 10.2. The fourth-order valence-electron chi connectivity index (χ4n) is 1.25. The van der Waals surface area contributed by atoms with Crippen LogP contribution in [-0.2, 0) is 7.05 Å². The van der Waals surface area contributed by atoms with Crippen molar-refractivity contribution in [1.29, 1.82) is 0 Å². The van der Waals surface area contributed by atoms with Crippen molar-refractivity contribution in [2.24, 2.45) is 7.05 Å². The van der Waals surface area contributed by atoms with Crippen molar-refractivity contribution < 1.29 is 4.39 Å². The van der Waals surface area contributed by atoms with Gasteiger partial charge in [-0.3, -0.25) is 4.79 Å². The molecule has 1 aromatic heterocycles. The van der Waals surface area contributed by atoms with Crippen molar-refractivity contribution in [3.8, 4) is 0 Å². The number of fused-ring (bicyclic) bond motifs is 1. The van der Waals surface area contributed by atoms with Crippen LogP contribution in [0.1, 0.15) is 0 Å². The maximum atomic E-state index is 13.3. The SMILES string of the molecule is Cn1cnc2c(F)cc(Br)cc2c1=O. The molecule has 0 saturated carbocycles. The zero-order valence-corrected chi connectivity index (χ0v) is 8.88. The van der Waals surface area contributed by atoms with Crippen LogP contribution in [0.5, 0.6) is 0 Å². The van der Waals surface area contributed by atoms with E-state index >= 15 is 0 Å². The van der Waals surface area contributed by atoms with Gasteiger partial charge in [-0.2, -0.15) is 0 Å². The summed E-state index contributed by atoms with van der Waals surface area (Å²) in [6.45, 7) is 0. The monoisotopic (exact) mass is 256 g/mol. The second-order valence-electron chi connectivity index (χ2n) is 2.94. The number of nitrogens with zero attached hydrogens (tertiary/aromatic N) is 2. The smallest absolute Gasteiger partial charge is 0.261 e. The number of rotatable bonds is 0. The lowest BCUT2D eigenvalue weighted by molar-refractivity contribution is 0.634. The topological polar surface area (TPSA) is 34.9 Å². The van der Waals surface area contributed by atoms with Crippen LogP contribution in [0.3, 0.4) is 0 Å². The summed E-state index contributed by atoms with van der Waals surface area (Å²) in [6, 6.07) is 2.85. The predicted octanol–water partition coefficient (Wildman–Crippen LogP) is 1.84. The molecule has 0 saturated heterocycles. The third-order valence-electron chi connectivity index (χ3n) is 1.94. The van der Waals surface area contributed by atoms with E-state index in [0.29, 0.717) is 4.47 Å². The molecule has 0 aliphatic carbocycles. The second kappa shape index (κ2) is 3.16. The van der Waals surface area contributed by atoms with Crippen LogP contribution in [0.25, 0.3) is 10.9 Å². The maximum absolute atomic E-state index is 13.3. The van der Waals surface area contributed by atoms with Gasteiger partial charge in [0.05, 0.1) is 11.7 Å². The number of hydrogen-bond donors (Lipinski definition) is 0. The van der Waals surface area contributed by atoms with Crippen LogP contribution < -0.4 is 5.56 Å². The molecule has 14 heavy (non-hydrogen) atoms. The van der Waals surface area contributed by atoms with Crippen LogP contribution in [0.2, 0.25) is 0 Å². The summed E-state index contributed by atoms with van der Waals surface area (Å²) in [7, 11) is 1.58. The highest BCUT2D eigenvalue weighted by molar-refractivity contribution is 9.10. The molecule has 0 radical (unpaired) electrons. The molecule has 0 bridgehead atoms. The molecule has 0 aliphatic rings. The molecule has 72 valence electrons. The van der Waals surface area contributed by atoms with Crippen LogP contribution in [0.4, 0.5) is 4.39 Å². The predicted molar refractivity (Wildman–Crippen MR) is 54.6 cm³/mol. The van der Waals surface area contributed by atoms with Gasteiger partial charge < -0.3 is 4.57 Å². The van der Waals surface area contributed by atoms with E-state index in [1.807, 2.05) is 0 Å². The van der Waals surface area contributed by atoms with E-state index in [4.69, 9.17) is 0 Å². The summed E-state index contributed by atoms with van der Waals surface area (Å²) < 4.78 is 15.2. The van der Waals surface area contributed by atoms with E-state index in [0.717, 1.165) is 0 Å².